The molecular formula is C10H24N2O3S. The smallest absolute Gasteiger partial charge is 0.211 e. The zero-order valence-corrected chi connectivity index (χ0v) is 11.3. The first-order valence-corrected chi connectivity index (χ1v) is 7.30. The second kappa shape index (κ2) is 8.92. The van der Waals surface area contributed by atoms with Crippen molar-refractivity contribution < 1.29 is 13.2 Å². The van der Waals surface area contributed by atoms with Gasteiger partial charge in [-0.1, -0.05) is 13.8 Å². The predicted molar refractivity (Wildman–Crippen MR) is 66.0 cm³/mol. The number of hydrogen-bond donors (Lipinski definition) is 2. The van der Waals surface area contributed by atoms with E-state index in [1.54, 1.807) is 7.11 Å². The van der Waals surface area contributed by atoms with Crippen molar-refractivity contribution in [3.05, 3.63) is 0 Å². The quantitative estimate of drug-likeness (QED) is 0.545. The van der Waals surface area contributed by atoms with Crippen molar-refractivity contribution in [1.29, 1.82) is 0 Å². The van der Waals surface area contributed by atoms with E-state index in [4.69, 9.17) is 4.74 Å². The van der Waals surface area contributed by atoms with E-state index in [1.165, 1.54) is 0 Å². The fourth-order valence-corrected chi connectivity index (χ4v) is 2.40. The monoisotopic (exact) mass is 252 g/mol. The summed E-state index contributed by atoms with van der Waals surface area (Å²) in [7, 11) is -1.46. The summed E-state index contributed by atoms with van der Waals surface area (Å²) in [5, 5.41) is 3.07. The minimum Gasteiger partial charge on any atom is -0.383 e. The molecule has 0 aromatic carbocycles. The summed E-state index contributed by atoms with van der Waals surface area (Å²) >= 11 is 0. The lowest BCUT2D eigenvalue weighted by molar-refractivity contribution is 0.199. The van der Waals surface area contributed by atoms with Gasteiger partial charge in [0.25, 0.3) is 0 Å². The molecule has 0 bridgehead atoms. The molecule has 6 heteroatoms. The number of ether oxygens (including phenoxy) is 1. The zero-order chi connectivity index (χ0) is 12.4. The molecule has 0 radical (unpaired) electrons. The van der Waals surface area contributed by atoms with Crippen molar-refractivity contribution in [1.82, 2.24) is 10.0 Å². The molecular weight excluding hydrogens is 228 g/mol. The average Bonchev–Trinajstić information content (AvgIpc) is 2.21. The molecule has 5 nitrogen and oxygen atoms in total. The van der Waals surface area contributed by atoms with Crippen molar-refractivity contribution in [3.63, 3.8) is 0 Å². The molecule has 0 aromatic heterocycles. The summed E-state index contributed by atoms with van der Waals surface area (Å²) in [5.41, 5.74) is 0. The highest BCUT2D eigenvalue weighted by molar-refractivity contribution is 7.89. The molecule has 0 saturated heterocycles. The normalized spacial score (nSPS) is 12.2. The van der Waals surface area contributed by atoms with Gasteiger partial charge in [0.2, 0.25) is 10.0 Å². The molecule has 0 fully saturated rings. The van der Waals surface area contributed by atoms with Gasteiger partial charge in [0.1, 0.15) is 0 Å². The molecule has 0 aromatic rings. The maximum absolute atomic E-state index is 11.5. The molecule has 0 saturated carbocycles. The molecule has 0 aliphatic rings. The molecule has 0 rings (SSSR count). The molecule has 0 atom stereocenters. The van der Waals surface area contributed by atoms with E-state index in [0.29, 0.717) is 32.0 Å². The van der Waals surface area contributed by atoms with E-state index in [0.717, 1.165) is 6.54 Å². The summed E-state index contributed by atoms with van der Waals surface area (Å²) in [4.78, 5) is 0. The third-order valence-electron chi connectivity index (χ3n) is 2.07. The first-order valence-electron chi connectivity index (χ1n) is 5.65. The van der Waals surface area contributed by atoms with Crippen LogP contribution in [0.3, 0.4) is 0 Å². The first-order chi connectivity index (χ1) is 7.48. The van der Waals surface area contributed by atoms with E-state index < -0.39 is 10.0 Å². The molecule has 0 aliphatic heterocycles. The van der Waals surface area contributed by atoms with Crippen LogP contribution in [-0.2, 0) is 14.8 Å². The fraction of sp³-hybridized carbons (Fsp3) is 1.00. The molecule has 98 valence electrons. The van der Waals surface area contributed by atoms with Crippen molar-refractivity contribution in [3.8, 4) is 0 Å². The minimum atomic E-state index is -3.09. The van der Waals surface area contributed by atoms with Crippen LogP contribution < -0.4 is 10.0 Å². The lowest BCUT2D eigenvalue weighted by Crippen LogP contribution is -2.34. The van der Waals surface area contributed by atoms with E-state index >= 15 is 0 Å². The number of methoxy groups -OCH3 is 1. The Balaban J connectivity index is 3.51. The van der Waals surface area contributed by atoms with Gasteiger partial charge >= 0.3 is 0 Å². The highest BCUT2D eigenvalue weighted by atomic mass is 32.2. The number of hydrogen-bond acceptors (Lipinski definition) is 4. The van der Waals surface area contributed by atoms with Gasteiger partial charge in [0.15, 0.2) is 0 Å². The standard InChI is InChI=1S/C10H24N2O3S/c1-10(2)4-9-16(13,14)12-6-5-11-7-8-15-3/h10-12H,4-9H2,1-3H3. The molecule has 0 heterocycles. The van der Waals surface area contributed by atoms with E-state index in [9.17, 15) is 8.42 Å². The number of rotatable bonds is 10. The second-order valence-corrected chi connectivity index (χ2v) is 6.06. The van der Waals surface area contributed by atoms with Crippen LogP contribution in [0.5, 0.6) is 0 Å². The topological polar surface area (TPSA) is 67.4 Å². The van der Waals surface area contributed by atoms with Gasteiger partial charge in [-0.2, -0.15) is 0 Å². The Hall–Kier alpha value is -0.170. The average molecular weight is 252 g/mol. The van der Waals surface area contributed by atoms with Gasteiger partial charge in [-0.25, -0.2) is 13.1 Å². The third-order valence-corrected chi connectivity index (χ3v) is 3.49. The second-order valence-electron chi connectivity index (χ2n) is 4.14. The number of sulfonamides is 1. The highest BCUT2D eigenvalue weighted by Crippen LogP contribution is 2.01. The zero-order valence-electron chi connectivity index (χ0n) is 10.5. The third kappa shape index (κ3) is 10.4. The Kier molecular flexibility index (Phi) is 8.83. The van der Waals surface area contributed by atoms with Crippen LogP contribution >= 0.6 is 0 Å². The van der Waals surface area contributed by atoms with E-state index in [2.05, 4.69) is 10.0 Å². The lowest BCUT2D eigenvalue weighted by Gasteiger charge is -2.08. The molecule has 0 spiro atoms. The van der Waals surface area contributed by atoms with Crippen LogP contribution in [0.2, 0.25) is 0 Å². The highest BCUT2D eigenvalue weighted by Gasteiger charge is 2.09. The van der Waals surface area contributed by atoms with Gasteiger partial charge in [0, 0.05) is 26.7 Å². The Morgan fingerprint density at radius 3 is 2.44 bits per heavy atom. The summed E-state index contributed by atoms with van der Waals surface area (Å²) in [5.74, 6) is 0.624. The largest absolute Gasteiger partial charge is 0.383 e. The summed E-state index contributed by atoms with van der Waals surface area (Å²) in [6.45, 7) is 6.47. The van der Waals surface area contributed by atoms with Crippen LogP contribution in [0.15, 0.2) is 0 Å². The lowest BCUT2D eigenvalue weighted by atomic mass is 10.2. The Bertz CT molecular complexity index is 253. The van der Waals surface area contributed by atoms with Gasteiger partial charge in [-0.05, 0) is 12.3 Å². The van der Waals surface area contributed by atoms with Crippen molar-refractivity contribution >= 4 is 10.0 Å². The van der Waals surface area contributed by atoms with Gasteiger partial charge in [0.05, 0.1) is 12.4 Å². The van der Waals surface area contributed by atoms with Crippen molar-refractivity contribution in [2.45, 2.75) is 20.3 Å². The summed E-state index contributed by atoms with van der Waals surface area (Å²) in [6.07, 6.45) is 0.701. The van der Waals surface area contributed by atoms with Crippen LogP contribution in [0.1, 0.15) is 20.3 Å². The van der Waals surface area contributed by atoms with E-state index in [1.807, 2.05) is 13.8 Å². The summed E-state index contributed by atoms with van der Waals surface area (Å²) in [6, 6.07) is 0. The van der Waals surface area contributed by atoms with Crippen molar-refractivity contribution in [2.24, 2.45) is 5.92 Å². The molecule has 0 amide bonds. The predicted octanol–water partition coefficient (Wildman–Crippen LogP) is 0.188. The Morgan fingerprint density at radius 2 is 1.88 bits per heavy atom. The van der Waals surface area contributed by atoms with Crippen LogP contribution in [0.4, 0.5) is 0 Å². The SMILES string of the molecule is COCCNCCNS(=O)(=O)CCC(C)C. The molecule has 2 N–H and O–H groups in total. The van der Waals surface area contributed by atoms with Crippen LogP contribution in [0, 0.1) is 5.92 Å². The van der Waals surface area contributed by atoms with Gasteiger partial charge in [-0.15, -0.1) is 0 Å². The van der Waals surface area contributed by atoms with Crippen LogP contribution in [0.25, 0.3) is 0 Å². The van der Waals surface area contributed by atoms with Gasteiger partial charge < -0.3 is 10.1 Å². The van der Waals surface area contributed by atoms with Crippen LogP contribution in [-0.4, -0.2) is 47.5 Å². The van der Waals surface area contributed by atoms with Crippen molar-refractivity contribution in [2.75, 3.05) is 39.1 Å². The Morgan fingerprint density at radius 1 is 1.19 bits per heavy atom. The number of nitrogens with one attached hydrogen (secondary N) is 2. The Labute approximate surface area is 99.0 Å². The van der Waals surface area contributed by atoms with Gasteiger partial charge in [-0.3, -0.25) is 0 Å². The molecule has 0 aliphatic carbocycles. The summed E-state index contributed by atoms with van der Waals surface area (Å²) < 4.78 is 30.3. The minimum absolute atomic E-state index is 0.211. The molecule has 16 heavy (non-hydrogen) atoms. The maximum atomic E-state index is 11.5. The first kappa shape index (κ1) is 15.8. The molecule has 0 unspecified atom stereocenters. The fourth-order valence-electron chi connectivity index (χ4n) is 1.06. The van der Waals surface area contributed by atoms with E-state index in [-0.39, 0.29) is 5.75 Å². The maximum Gasteiger partial charge on any atom is 0.211 e.